The highest BCUT2D eigenvalue weighted by molar-refractivity contribution is 14.0. The summed E-state index contributed by atoms with van der Waals surface area (Å²) >= 11 is 5.80. The molecule has 0 bridgehead atoms. The van der Waals surface area contributed by atoms with Crippen LogP contribution in [0.2, 0.25) is 5.15 Å². The maximum Gasteiger partial charge on any atom is 0.191 e. The van der Waals surface area contributed by atoms with Crippen molar-refractivity contribution in [2.75, 3.05) is 13.7 Å². The molecule has 2 N–H and O–H groups in total. The van der Waals surface area contributed by atoms with Gasteiger partial charge in [0, 0.05) is 31.9 Å². The number of guanidine groups is 1. The number of hydrogen-bond donors (Lipinski definition) is 2. The summed E-state index contributed by atoms with van der Waals surface area (Å²) < 4.78 is 5.85. The van der Waals surface area contributed by atoms with E-state index in [4.69, 9.17) is 16.3 Å². The molecule has 1 heterocycles. The Kier molecular flexibility index (Phi) is 10.3. The monoisotopic (exact) mass is 488 g/mol. The van der Waals surface area contributed by atoms with E-state index >= 15 is 0 Å². The van der Waals surface area contributed by atoms with Gasteiger partial charge in [-0.3, -0.25) is 4.99 Å². The van der Waals surface area contributed by atoms with Crippen LogP contribution in [-0.4, -0.2) is 24.6 Å². The van der Waals surface area contributed by atoms with Gasteiger partial charge in [0.1, 0.15) is 10.9 Å². The largest absolute Gasteiger partial charge is 0.493 e. The number of aliphatic imine (C=N–C) groups is 1. The Bertz CT molecular complexity index is 707. The number of rotatable bonds is 7. The predicted molar refractivity (Wildman–Crippen MR) is 119 cm³/mol. The van der Waals surface area contributed by atoms with E-state index in [1.165, 1.54) is 5.56 Å². The summed E-state index contributed by atoms with van der Waals surface area (Å²) in [5.41, 5.74) is 3.33. The number of hydrogen-bond acceptors (Lipinski definition) is 3. The van der Waals surface area contributed by atoms with Crippen LogP contribution in [-0.2, 0) is 13.1 Å². The summed E-state index contributed by atoms with van der Waals surface area (Å²) in [6.07, 6.45) is 2.73. The zero-order chi connectivity index (χ0) is 18.1. The minimum absolute atomic E-state index is 0. The molecule has 2 rings (SSSR count). The average molecular weight is 489 g/mol. The van der Waals surface area contributed by atoms with Gasteiger partial charge in [-0.05, 0) is 36.6 Å². The summed E-state index contributed by atoms with van der Waals surface area (Å²) in [5, 5.41) is 7.07. The van der Waals surface area contributed by atoms with Crippen molar-refractivity contribution in [1.29, 1.82) is 0 Å². The number of aromatic nitrogens is 1. The molecule has 26 heavy (non-hydrogen) atoms. The summed E-state index contributed by atoms with van der Waals surface area (Å²) in [5.74, 6) is 1.64. The van der Waals surface area contributed by atoms with Gasteiger partial charge in [-0.25, -0.2) is 4.98 Å². The first-order chi connectivity index (χ1) is 12.1. The summed E-state index contributed by atoms with van der Waals surface area (Å²) in [4.78, 5) is 8.33. The maximum atomic E-state index is 5.85. The first-order valence-electron chi connectivity index (χ1n) is 8.39. The van der Waals surface area contributed by atoms with E-state index in [1.807, 2.05) is 6.07 Å². The van der Waals surface area contributed by atoms with Crippen molar-refractivity contribution >= 4 is 41.5 Å². The van der Waals surface area contributed by atoms with Gasteiger partial charge in [0.2, 0.25) is 0 Å². The summed E-state index contributed by atoms with van der Waals surface area (Å²) in [6.45, 7) is 6.14. The second kappa shape index (κ2) is 12.0. The number of aryl methyl sites for hydroxylation is 1. The van der Waals surface area contributed by atoms with Crippen LogP contribution < -0.4 is 15.4 Å². The highest BCUT2D eigenvalue weighted by atomic mass is 127. The van der Waals surface area contributed by atoms with Gasteiger partial charge in [0.25, 0.3) is 0 Å². The highest BCUT2D eigenvalue weighted by Crippen LogP contribution is 2.20. The molecule has 0 aliphatic carbocycles. The number of nitrogens with zero attached hydrogens (tertiary/aromatic N) is 2. The van der Waals surface area contributed by atoms with E-state index in [1.54, 1.807) is 19.3 Å². The minimum atomic E-state index is 0. The maximum absolute atomic E-state index is 5.85. The van der Waals surface area contributed by atoms with Crippen LogP contribution in [0.4, 0.5) is 0 Å². The van der Waals surface area contributed by atoms with Crippen LogP contribution in [0.25, 0.3) is 0 Å². The molecule has 0 aliphatic rings. The first kappa shape index (κ1) is 22.5. The first-order valence-corrected chi connectivity index (χ1v) is 8.77. The van der Waals surface area contributed by atoms with Crippen molar-refractivity contribution in [2.45, 2.75) is 33.4 Å². The summed E-state index contributed by atoms with van der Waals surface area (Å²) in [6, 6.07) is 9.96. The van der Waals surface area contributed by atoms with Gasteiger partial charge in [-0.2, -0.15) is 0 Å². The van der Waals surface area contributed by atoms with Crippen LogP contribution in [0.5, 0.6) is 5.75 Å². The molecule has 0 saturated carbocycles. The second-order valence-electron chi connectivity index (χ2n) is 5.73. The van der Waals surface area contributed by atoms with Gasteiger partial charge in [-0.1, -0.05) is 36.7 Å². The fraction of sp³-hybridized carbons (Fsp3) is 0.368. The van der Waals surface area contributed by atoms with Crippen LogP contribution in [0, 0.1) is 6.92 Å². The van der Waals surface area contributed by atoms with Gasteiger partial charge >= 0.3 is 0 Å². The van der Waals surface area contributed by atoms with Crippen LogP contribution >= 0.6 is 35.6 Å². The van der Waals surface area contributed by atoms with E-state index in [0.29, 0.717) is 24.8 Å². The van der Waals surface area contributed by atoms with Crippen LogP contribution in [0.1, 0.15) is 30.0 Å². The third-order valence-corrected chi connectivity index (χ3v) is 3.83. The molecule has 0 unspecified atom stereocenters. The molecule has 1 aromatic carbocycles. The molecule has 1 aromatic heterocycles. The van der Waals surface area contributed by atoms with Crippen LogP contribution in [0.15, 0.2) is 41.5 Å². The molecule has 0 fully saturated rings. The minimum Gasteiger partial charge on any atom is -0.493 e. The zero-order valence-corrected chi connectivity index (χ0v) is 18.5. The van der Waals surface area contributed by atoms with Gasteiger partial charge < -0.3 is 15.4 Å². The average Bonchev–Trinajstić information content (AvgIpc) is 2.62. The predicted octanol–water partition coefficient (Wildman–Crippen LogP) is 4.32. The lowest BCUT2D eigenvalue weighted by Gasteiger charge is -2.15. The highest BCUT2D eigenvalue weighted by Gasteiger charge is 2.06. The van der Waals surface area contributed by atoms with E-state index < -0.39 is 0 Å². The number of nitrogens with one attached hydrogen (secondary N) is 2. The molecular weight excluding hydrogens is 463 g/mol. The van der Waals surface area contributed by atoms with E-state index in [0.717, 1.165) is 29.3 Å². The van der Waals surface area contributed by atoms with Crippen molar-refractivity contribution in [2.24, 2.45) is 4.99 Å². The summed E-state index contributed by atoms with van der Waals surface area (Å²) in [7, 11) is 1.75. The third kappa shape index (κ3) is 7.37. The topological polar surface area (TPSA) is 58.5 Å². The molecule has 7 heteroatoms. The molecule has 0 amide bonds. The second-order valence-corrected chi connectivity index (χ2v) is 6.12. The quantitative estimate of drug-likeness (QED) is 0.264. The van der Waals surface area contributed by atoms with Crippen molar-refractivity contribution in [3.05, 3.63) is 58.4 Å². The molecule has 0 atom stereocenters. The van der Waals surface area contributed by atoms with E-state index in [9.17, 15) is 0 Å². The number of pyridine rings is 1. The number of halogens is 2. The Morgan fingerprint density at radius 2 is 1.96 bits per heavy atom. The van der Waals surface area contributed by atoms with E-state index in [-0.39, 0.29) is 24.0 Å². The Balaban J connectivity index is 0.00000338. The molecule has 0 aliphatic heterocycles. The molecular formula is C19H26ClIN4O. The molecule has 0 saturated heterocycles. The van der Waals surface area contributed by atoms with Crippen molar-refractivity contribution in [3.63, 3.8) is 0 Å². The Morgan fingerprint density at radius 3 is 2.62 bits per heavy atom. The van der Waals surface area contributed by atoms with Crippen molar-refractivity contribution < 1.29 is 4.74 Å². The molecule has 5 nitrogen and oxygen atoms in total. The number of ether oxygens (including phenoxy) is 1. The van der Waals surface area contributed by atoms with Crippen LogP contribution in [0.3, 0.4) is 0 Å². The van der Waals surface area contributed by atoms with E-state index in [2.05, 4.69) is 52.7 Å². The standard InChI is InChI=1S/C19H25ClN4O.HI/c1-4-9-25-17-10-14(2)5-7-16(17)13-24-19(21-3)23-12-15-6-8-18(20)22-11-15;/h5-8,10-11H,4,9,12-13H2,1-3H3,(H2,21,23,24);1H. The lowest BCUT2D eigenvalue weighted by molar-refractivity contribution is 0.313. The Hall–Kier alpha value is -1.54. The lowest BCUT2D eigenvalue weighted by atomic mass is 10.1. The molecule has 0 spiro atoms. The Morgan fingerprint density at radius 1 is 1.19 bits per heavy atom. The smallest absolute Gasteiger partial charge is 0.191 e. The fourth-order valence-electron chi connectivity index (χ4n) is 2.25. The lowest BCUT2D eigenvalue weighted by Crippen LogP contribution is -2.36. The molecule has 0 radical (unpaired) electrons. The SMILES string of the molecule is CCCOc1cc(C)ccc1CNC(=NC)NCc1ccc(Cl)nc1.I. The van der Waals surface area contributed by atoms with Gasteiger partial charge in [0.15, 0.2) is 5.96 Å². The zero-order valence-electron chi connectivity index (χ0n) is 15.4. The van der Waals surface area contributed by atoms with Gasteiger partial charge in [-0.15, -0.1) is 24.0 Å². The molecule has 142 valence electrons. The van der Waals surface area contributed by atoms with Crippen molar-refractivity contribution in [3.8, 4) is 5.75 Å². The molecule has 2 aromatic rings. The normalized spacial score (nSPS) is 10.8. The Labute approximate surface area is 177 Å². The number of benzene rings is 1. The third-order valence-electron chi connectivity index (χ3n) is 3.60. The fourth-order valence-corrected chi connectivity index (χ4v) is 2.36. The van der Waals surface area contributed by atoms with Crippen molar-refractivity contribution in [1.82, 2.24) is 15.6 Å². The van der Waals surface area contributed by atoms with Gasteiger partial charge in [0.05, 0.1) is 6.61 Å².